The first kappa shape index (κ1) is 17.4. The van der Waals surface area contributed by atoms with E-state index in [4.69, 9.17) is 0 Å². The van der Waals surface area contributed by atoms with Gasteiger partial charge in [-0.1, -0.05) is 58.2 Å². The van der Waals surface area contributed by atoms with Crippen molar-refractivity contribution in [3.63, 3.8) is 0 Å². The molecular formula is C22H34N2. The van der Waals surface area contributed by atoms with Gasteiger partial charge in [0.05, 0.1) is 0 Å². The molecule has 1 saturated carbocycles. The summed E-state index contributed by atoms with van der Waals surface area (Å²) in [6.45, 7) is 11.7. The lowest BCUT2D eigenvalue weighted by atomic mass is 9.85. The molecule has 1 aliphatic heterocycles. The summed E-state index contributed by atoms with van der Waals surface area (Å²) >= 11 is 0. The van der Waals surface area contributed by atoms with Crippen LogP contribution in [0.25, 0.3) is 0 Å². The molecule has 3 rings (SSSR count). The Morgan fingerprint density at radius 2 is 1.58 bits per heavy atom. The molecule has 0 aromatic heterocycles. The molecule has 0 radical (unpaired) electrons. The number of nitrogens with zero attached hydrogens (tertiary/aromatic N) is 2. The van der Waals surface area contributed by atoms with Crippen LogP contribution in [-0.4, -0.2) is 18.1 Å². The highest BCUT2D eigenvalue weighted by Crippen LogP contribution is 2.46. The number of rotatable bonds is 2. The molecule has 2 heteroatoms. The zero-order chi connectivity index (χ0) is 17.5. The van der Waals surface area contributed by atoms with Gasteiger partial charge in [0, 0.05) is 35.5 Å². The third kappa shape index (κ3) is 2.96. The van der Waals surface area contributed by atoms with Crippen molar-refractivity contribution < 1.29 is 0 Å². The zero-order valence-corrected chi connectivity index (χ0v) is 16.4. The van der Waals surface area contributed by atoms with E-state index < -0.39 is 0 Å². The van der Waals surface area contributed by atoms with Crippen molar-refractivity contribution in [1.29, 1.82) is 0 Å². The molecule has 0 N–H and O–H groups in total. The number of para-hydroxylation sites is 1. The van der Waals surface area contributed by atoms with Crippen LogP contribution in [0.15, 0.2) is 35.7 Å². The highest BCUT2D eigenvalue weighted by molar-refractivity contribution is 5.61. The number of allylic oxidation sites excluding steroid dienone is 2. The molecule has 132 valence electrons. The first-order valence-corrected chi connectivity index (χ1v) is 9.61. The van der Waals surface area contributed by atoms with E-state index in [0.29, 0.717) is 6.17 Å². The fraction of sp³-hybridized carbons (Fsp3) is 0.636. The van der Waals surface area contributed by atoms with E-state index in [2.05, 4.69) is 75.7 Å². The van der Waals surface area contributed by atoms with Crippen molar-refractivity contribution in [1.82, 2.24) is 4.90 Å². The Bertz CT molecular complexity index is 617. The highest BCUT2D eigenvalue weighted by Gasteiger charge is 2.44. The number of hydrogen-bond acceptors (Lipinski definition) is 2. The van der Waals surface area contributed by atoms with Crippen molar-refractivity contribution in [3.05, 3.63) is 41.2 Å². The molecule has 2 nitrogen and oxygen atoms in total. The molecule has 1 aliphatic carbocycles. The van der Waals surface area contributed by atoms with Crippen LogP contribution in [0.4, 0.5) is 5.69 Å². The van der Waals surface area contributed by atoms with Crippen molar-refractivity contribution in [2.75, 3.05) is 11.9 Å². The van der Waals surface area contributed by atoms with Crippen LogP contribution < -0.4 is 4.90 Å². The Morgan fingerprint density at radius 3 is 2.17 bits per heavy atom. The molecular weight excluding hydrogens is 292 g/mol. The van der Waals surface area contributed by atoms with Gasteiger partial charge in [0.2, 0.25) is 0 Å². The van der Waals surface area contributed by atoms with Crippen LogP contribution in [-0.2, 0) is 0 Å². The predicted molar refractivity (Wildman–Crippen MR) is 104 cm³/mol. The fourth-order valence-corrected chi connectivity index (χ4v) is 4.94. The molecule has 1 aromatic carbocycles. The third-order valence-corrected chi connectivity index (χ3v) is 5.86. The normalized spacial score (nSPS) is 23.3. The van der Waals surface area contributed by atoms with E-state index >= 15 is 0 Å². The lowest BCUT2D eigenvalue weighted by molar-refractivity contribution is 0.162. The summed E-state index contributed by atoms with van der Waals surface area (Å²) in [5, 5.41) is 0. The molecule has 1 heterocycles. The van der Waals surface area contributed by atoms with E-state index in [-0.39, 0.29) is 5.41 Å². The van der Waals surface area contributed by atoms with Gasteiger partial charge >= 0.3 is 0 Å². The maximum Gasteiger partial charge on any atom is 0.110 e. The first-order valence-electron chi connectivity index (χ1n) is 9.61. The zero-order valence-electron chi connectivity index (χ0n) is 16.4. The minimum Gasteiger partial charge on any atom is -0.355 e. The second-order valence-corrected chi connectivity index (χ2v) is 8.81. The van der Waals surface area contributed by atoms with Gasteiger partial charge in [-0.15, -0.1) is 0 Å². The van der Waals surface area contributed by atoms with Gasteiger partial charge in [0.15, 0.2) is 0 Å². The molecule has 0 saturated heterocycles. The summed E-state index contributed by atoms with van der Waals surface area (Å²) in [6.07, 6.45) is 7.29. The maximum atomic E-state index is 2.61. The summed E-state index contributed by atoms with van der Waals surface area (Å²) < 4.78 is 0. The van der Waals surface area contributed by atoms with Crippen LogP contribution >= 0.6 is 0 Å². The van der Waals surface area contributed by atoms with Crippen LogP contribution in [0.1, 0.15) is 65.4 Å². The Kier molecular flexibility index (Phi) is 4.68. The van der Waals surface area contributed by atoms with Crippen LogP contribution in [0, 0.1) is 18.3 Å². The summed E-state index contributed by atoms with van der Waals surface area (Å²) in [4.78, 5) is 5.21. The SMILES string of the molecule is CC1=C(C2CCCCC2)N(C)C(C(C)(C)C)N1c1ccccc1C. The third-order valence-electron chi connectivity index (χ3n) is 5.86. The molecule has 0 spiro atoms. The quantitative estimate of drug-likeness (QED) is 0.664. The molecule has 0 amide bonds. The summed E-state index contributed by atoms with van der Waals surface area (Å²) in [5.74, 6) is 0.739. The van der Waals surface area contributed by atoms with Gasteiger partial charge in [-0.05, 0) is 38.3 Å². The fourth-order valence-electron chi connectivity index (χ4n) is 4.94. The van der Waals surface area contributed by atoms with Crippen molar-refractivity contribution in [3.8, 4) is 0 Å². The summed E-state index contributed by atoms with van der Waals surface area (Å²) in [6, 6.07) is 8.84. The molecule has 24 heavy (non-hydrogen) atoms. The van der Waals surface area contributed by atoms with Gasteiger partial charge in [-0.3, -0.25) is 0 Å². The number of aryl methyl sites for hydroxylation is 1. The minimum absolute atomic E-state index is 0.189. The monoisotopic (exact) mass is 326 g/mol. The van der Waals surface area contributed by atoms with E-state index in [1.165, 1.54) is 49.1 Å². The molecule has 1 unspecified atom stereocenters. The van der Waals surface area contributed by atoms with Crippen molar-refractivity contribution in [2.45, 2.75) is 72.9 Å². The maximum absolute atomic E-state index is 2.61. The average molecular weight is 327 g/mol. The second-order valence-electron chi connectivity index (χ2n) is 8.81. The topological polar surface area (TPSA) is 6.48 Å². The Balaban J connectivity index is 2.08. The number of hydrogen-bond donors (Lipinski definition) is 0. The predicted octanol–water partition coefficient (Wildman–Crippen LogP) is 5.93. The van der Waals surface area contributed by atoms with Gasteiger partial charge in [0.1, 0.15) is 6.17 Å². The standard InChI is InChI=1S/C22H34N2/c1-16-12-10-11-15-19(16)24-17(2)20(18-13-8-7-9-14-18)23(6)21(24)22(3,4)5/h10-12,15,18,21H,7-9,13-14H2,1-6H3. The number of anilines is 1. The molecule has 1 atom stereocenters. The molecule has 1 fully saturated rings. The Hall–Kier alpha value is -1.44. The van der Waals surface area contributed by atoms with E-state index in [0.717, 1.165) is 5.92 Å². The largest absolute Gasteiger partial charge is 0.355 e. The van der Waals surface area contributed by atoms with Gasteiger partial charge in [-0.25, -0.2) is 0 Å². The number of benzene rings is 1. The summed E-state index contributed by atoms with van der Waals surface area (Å²) in [7, 11) is 2.32. The molecule has 1 aromatic rings. The van der Waals surface area contributed by atoms with Crippen molar-refractivity contribution >= 4 is 5.69 Å². The highest BCUT2D eigenvalue weighted by atomic mass is 15.4. The van der Waals surface area contributed by atoms with Crippen LogP contribution in [0.2, 0.25) is 0 Å². The van der Waals surface area contributed by atoms with Gasteiger partial charge < -0.3 is 9.80 Å². The van der Waals surface area contributed by atoms with E-state index in [9.17, 15) is 0 Å². The van der Waals surface area contributed by atoms with Crippen LogP contribution in [0.3, 0.4) is 0 Å². The smallest absolute Gasteiger partial charge is 0.110 e. The minimum atomic E-state index is 0.189. The average Bonchev–Trinajstić information content (AvgIpc) is 2.79. The van der Waals surface area contributed by atoms with Gasteiger partial charge in [-0.2, -0.15) is 0 Å². The Morgan fingerprint density at radius 1 is 0.958 bits per heavy atom. The van der Waals surface area contributed by atoms with Crippen molar-refractivity contribution in [2.24, 2.45) is 11.3 Å². The lowest BCUT2D eigenvalue weighted by Gasteiger charge is -2.42. The first-order chi connectivity index (χ1) is 11.3. The Labute approximate surface area is 148 Å². The van der Waals surface area contributed by atoms with E-state index in [1.54, 1.807) is 5.70 Å². The second kappa shape index (κ2) is 6.46. The molecule has 2 aliphatic rings. The summed E-state index contributed by atoms with van der Waals surface area (Å²) in [5.41, 5.74) is 5.99. The van der Waals surface area contributed by atoms with E-state index in [1.807, 2.05) is 0 Å². The van der Waals surface area contributed by atoms with Crippen LogP contribution in [0.5, 0.6) is 0 Å². The lowest BCUT2D eigenvalue weighted by Crippen LogP contribution is -2.48. The molecule has 0 bridgehead atoms. The van der Waals surface area contributed by atoms with Gasteiger partial charge in [0.25, 0.3) is 0 Å².